The fourth-order valence-electron chi connectivity index (χ4n) is 5.04. The van der Waals surface area contributed by atoms with Crippen LogP contribution in [0.1, 0.15) is 39.2 Å². The van der Waals surface area contributed by atoms with Crippen LogP contribution in [-0.4, -0.2) is 83.1 Å². The molecule has 0 saturated carbocycles. The number of nitrogens with zero attached hydrogens (tertiary/aromatic N) is 5. The third kappa shape index (κ3) is 9.07. The summed E-state index contributed by atoms with van der Waals surface area (Å²) >= 11 is 6.12. The molecule has 1 atom stereocenters. The van der Waals surface area contributed by atoms with E-state index in [1.807, 2.05) is 0 Å². The third-order valence-corrected chi connectivity index (χ3v) is 8.02. The van der Waals surface area contributed by atoms with E-state index in [1.165, 1.54) is 48.3 Å². The molecule has 1 aliphatic rings. The maximum Gasteiger partial charge on any atom is 0.239 e. The standard InChI is InChI=1S/C31H37ClF2N6O5/c1-21(2)37-12-14-38(15-13-37)30(43)11-10-26(40(22(3)42)35-18-24-7-5-9-27(34)31(24)32)19-44-39(20-41)29-17-28(45-36-29)23-6-4-8-25(33)16-23/h4-9,16-17,20-21,26,35H,10-15,18-19H2,1-3H3/t26-/m0/s1. The number of carbonyl (C=O) groups is 3. The van der Waals surface area contributed by atoms with Crippen LogP contribution in [0.4, 0.5) is 14.6 Å². The number of halogens is 3. The molecule has 1 N–H and O–H groups in total. The molecule has 4 rings (SSSR count). The number of anilines is 1. The summed E-state index contributed by atoms with van der Waals surface area (Å²) < 4.78 is 33.0. The summed E-state index contributed by atoms with van der Waals surface area (Å²) in [6.07, 6.45) is 0.672. The van der Waals surface area contributed by atoms with Crippen LogP contribution in [0.5, 0.6) is 0 Å². The molecule has 0 aliphatic carbocycles. The van der Waals surface area contributed by atoms with Gasteiger partial charge in [-0.2, -0.15) is 5.06 Å². The maximum atomic E-state index is 14.0. The van der Waals surface area contributed by atoms with Gasteiger partial charge in [-0.05, 0) is 44.0 Å². The van der Waals surface area contributed by atoms with E-state index in [0.29, 0.717) is 36.7 Å². The SMILES string of the molecule is CC(=O)N(NCc1cccc(F)c1Cl)[C@@H](CCC(=O)N1CCN(C(C)C)CC1)CON(C=O)c1cc(-c2cccc(F)c2)on1. The zero-order valence-corrected chi connectivity index (χ0v) is 26.2. The van der Waals surface area contributed by atoms with E-state index in [4.69, 9.17) is 21.0 Å². The highest BCUT2D eigenvalue weighted by atomic mass is 35.5. The van der Waals surface area contributed by atoms with E-state index in [2.05, 4.69) is 29.3 Å². The molecule has 0 radical (unpaired) electrons. The molecule has 1 aromatic heterocycles. The van der Waals surface area contributed by atoms with Gasteiger partial charge in [0.2, 0.25) is 24.0 Å². The minimum absolute atomic E-state index is 0.00371. The number of piperazine rings is 1. The first-order valence-electron chi connectivity index (χ1n) is 14.7. The zero-order valence-electron chi connectivity index (χ0n) is 25.4. The number of nitrogens with one attached hydrogen (secondary N) is 1. The number of hydrogen-bond acceptors (Lipinski definition) is 8. The molecular formula is C31H37ClF2N6O5. The summed E-state index contributed by atoms with van der Waals surface area (Å²) in [6.45, 7) is 8.10. The first kappa shape index (κ1) is 34.0. The Morgan fingerprint density at radius 1 is 1.13 bits per heavy atom. The van der Waals surface area contributed by atoms with Gasteiger partial charge in [0.1, 0.15) is 11.6 Å². The Balaban J connectivity index is 1.48. The number of aromatic nitrogens is 1. The summed E-state index contributed by atoms with van der Waals surface area (Å²) in [6, 6.07) is 11.1. The number of benzene rings is 2. The number of hydrogen-bond donors (Lipinski definition) is 1. The molecule has 2 aromatic carbocycles. The molecule has 1 aliphatic heterocycles. The highest BCUT2D eigenvalue weighted by Gasteiger charge is 2.28. The normalized spacial score (nSPS) is 14.4. The molecule has 0 bridgehead atoms. The molecule has 1 saturated heterocycles. The first-order chi connectivity index (χ1) is 21.6. The minimum Gasteiger partial charge on any atom is -0.354 e. The average Bonchev–Trinajstić information content (AvgIpc) is 3.51. The van der Waals surface area contributed by atoms with Gasteiger partial charge >= 0.3 is 0 Å². The Morgan fingerprint density at radius 3 is 2.53 bits per heavy atom. The van der Waals surface area contributed by atoms with Crippen molar-refractivity contribution >= 4 is 35.6 Å². The van der Waals surface area contributed by atoms with Gasteiger partial charge in [-0.15, -0.1) is 0 Å². The summed E-state index contributed by atoms with van der Waals surface area (Å²) in [5.41, 5.74) is 3.81. The van der Waals surface area contributed by atoms with Crippen LogP contribution in [0.3, 0.4) is 0 Å². The summed E-state index contributed by atoms with van der Waals surface area (Å²) in [7, 11) is 0. The van der Waals surface area contributed by atoms with Crippen LogP contribution in [0, 0.1) is 11.6 Å². The molecule has 2 heterocycles. The van der Waals surface area contributed by atoms with E-state index in [1.54, 1.807) is 17.0 Å². The second-order valence-corrected chi connectivity index (χ2v) is 11.3. The molecule has 14 heteroatoms. The van der Waals surface area contributed by atoms with Gasteiger partial charge in [0.25, 0.3) is 0 Å². The van der Waals surface area contributed by atoms with Gasteiger partial charge in [-0.3, -0.25) is 29.1 Å². The van der Waals surface area contributed by atoms with E-state index >= 15 is 0 Å². The number of rotatable bonds is 14. The second-order valence-electron chi connectivity index (χ2n) is 10.9. The van der Waals surface area contributed by atoms with Gasteiger partial charge in [-0.1, -0.05) is 41.0 Å². The lowest BCUT2D eigenvalue weighted by molar-refractivity contribution is -0.140. The molecule has 0 unspecified atom stereocenters. The number of hydrazine groups is 1. The van der Waals surface area contributed by atoms with Crippen molar-refractivity contribution in [1.82, 2.24) is 25.4 Å². The number of hydroxylamine groups is 1. The summed E-state index contributed by atoms with van der Waals surface area (Å²) in [5, 5.41) is 5.90. The molecule has 11 nitrogen and oxygen atoms in total. The molecule has 0 spiro atoms. The summed E-state index contributed by atoms with van der Waals surface area (Å²) in [5.74, 6) is -1.33. The predicted molar refractivity (Wildman–Crippen MR) is 163 cm³/mol. The van der Waals surface area contributed by atoms with Crippen molar-refractivity contribution in [2.45, 2.75) is 52.2 Å². The minimum atomic E-state index is -0.743. The van der Waals surface area contributed by atoms with Crippen molar-refractivity contribution in [3.63, 3.8) is 0 Å². The smallest absolute Gasteiger partial charge is 0.239 e. The van der Waals surface area contributed by atoms with Crippen molar-refractivity contribution in [3.8, 4) is 11.3 Å². The van der Waals surface area contributed by atoms with Crippen LogP contribution in [0.2, 0.25) is 5.02 Å². The number of amides is 3. The lowest BCUT2D eigenvalue weighted by Crippen LogP contribution is -2.52. The lowest BCUT2D eigenvalue weighted by Gasteiger charge is -2.37. The van der Waals surface area contributed by atoms with Crippen molar-refractivity contribution in [3.05, 3.63) is 70.8 Å². The van der Waals surface area contributed by atoms with Crippen molar-refractivity contribution in [2.24, 2.45) is 0 Å². The highest BCUT2D eigenvalue weighted by Crippen LogP contribution is 2.25. The van der Waals surface area contributed by atoms with Crippen molar-refractivity contribution in [2.75, 3.05) is 37.8 Å². The van der Waals surface area contributed by atoms with Crippen molar-refractivity contribution < 1.29 is 32.5 Å². The van der Waals surface area contributed by atoms with Crippen LogP contribution in [0.15, 0.2) is 53.1 Å². The van der Waals surface area contributed by atoms with E-state index in [9.17, 15) is 23.2 Å². The molecule has 3 aromatic rings. The molecule has 1 fully saturated rings. The van der Waals surface area contributed by atoms with Gasteiger partial charge in [0, 0.05) is 63.7 Å². The zero-order chi connectivity index (χ0) is 32.5. The van der Waals surface area contributed by atoms with E-state index in [0.717, 1.165) is 18.2 Å². The highest BCUT2D eigenvalue weighted by molar-refractivity contribution is 6.31. The van der Waals surface area contributed by atoms with Gasteiger partial charge < -0.3 is 9.42 Å². The molecule has 45 heavy (non-hydrogen) atoms. The topological polar surface area (TPSA) is 111 Å². The quantitative estimate of drug-likeness (QED) is 0.202. The Bertz CT molecular complexity index is 1470. The largest absolute Gasteiger partial charge is 0.354 e. The van der Waals surface area contributed by atoms with Gasteiger partial charge in [-0.25, -0.2) is 14.2 Å². The third-order valence-electron chi connectivity index (χ3n) is 7.60. The van der Waals surface area contributed by atoms with Crippen LogP contribution < -0.4 is 10.5 Å². The Hall–Kier alpha value is -3.91. The molecular weight excluding hydrogens is 610 g/mol. The maximum absolute atomic E-state index is 14.0. The van der Waals surface area contributed by atoms with Crippen LogP contribution >= 0.6 is 11.6 Å². The van der Waals surface area contributed by atoms with E-state index < -0.39 is 23.6 Å². The molecule has 242 valence electrons. The Kier molecular flexibility index (Phi) is 12.0. The fourth-order valence-corrected chi connectivity index (χ4v) is 5.23. The average molecular weight is 647 g/mol. The molecule has 3 amide bonds. The first-order valence-corrected chi connectivity index (χ1v) is 15.0. The van der Waals surface area contributed by atoms with Crippen molar-refractivity contribution in [1.29, 1.82) is 0 Å². The monoisotopic (exact) mass is 646 g/mol. The van der Waals surface area contributed by atoms with Crippen LogP contribution in [-0.2, 0) is 25.8 Å². The summed E-state index contributed by atoms with van der Waals surface area (Å²) in [4.78, 5) is 47.9. The van der Waals surface area contributed by atoms with Gasteiger partial charge in [0.05, 0.1) is 17.7 Å². The predicted octanol–water partition coefficient (Wildman–Crippen LogP) is 4.42. The lowest BCUT2D eigenvalue weighted by atomic mass is 10.1. The Morgan fingerprint density at radius 2 is 1.87 bits per heavy atom. The van der Waals surface area contributed by atoms with Gasteiger partial charge in [0.15, 0.2) is 5.76 Å². The Labute approximate surface area is 265 Å². The van der Waals surface area contributed by atoms with Crippen LogP contribution in [0.25, 0.3) is 11.3 Å². The van der Waals surface area contributed by atoms with E-state index in [-0.39, 0.29) is 48.5 Å². The number of carbonyl (C=O) groups excluding carboxylic acids is 3. The second kappa shape index (κ2) is 15.9. The fraction of sp³-hybridized carbons (Fsp3) is 0.419.